The van der Waals surface area contributed by atoms with E-state index in [0.717, 1.165) is 10.5 Å². The van der Waals surface area contributed by atoms with E-state index in [0.29, 0.717) is 42.7 Å². The van der Waals surface area contributed by atoms with Crippen molar-refractivity contribution in [3.63, 3.8) is 0 Å². The first kappa shape index (κ1) is 27.7. The number of furan rings is 1. The number of ether oxygens (including phenoxy) is 1. The molecule has 1 atom stereocenters. The molecule has 2 aromatic heterocycles. The molecule has 0 radical (unpaired) electrons. The normalized spacial score (nSPS) is 15.1. The molecular formula is C29H23ClN2O6S2. The van der Waals surface area contributed by atoms with Crippen molar-refractivity contribution < 1.29 is 23.8 Å². The molecule has 8 nitrogen and oxygen atoms in total. The molecule has 1 N–H and O–H groups in total. The number of aromatic carboxylic acids is 1. The number of hydrogen-bond acceptors (Lipinski definition) is 8. The molecule has 0 bridgehead atoms. The number of thioether (sulfide) groups is 1. The molecule has 0 spiro atoms. The van der Waals surface area contributed by atoms with Crippen molar-refractivity contribution in [1.82, 2.24) is 4.57 Å². The van der Waals surface area contributed by atoms with Crippen LogP contribution in [0.4, 0.5) is 0 Å². The second kappa shape index (κ2) is 11.3. The lowest BCUT2D eigenvalue weighted by Gasteiger charge is -2.24. The van der Waals surface area contributed by atoms with E-state index in [1.54, 1.807) is 43.8 Å². The van der Waals surface area contributed by atoms with Gasteiger partial charge in [-0.05, 0) is 68.1 Å². The predicted molar refractivity (Wildman–Crippen MR) is 155 cm³/mol. The molecule has 0 unspecified atom stereocenters. The zero-order chi connectivity index (χ0) is 28.6. The molecule has 204 valence electrons. The molecule has 0 amide bonds. The fourth-order valence-electron chi connectivity index (χ4n) is 4.44. The van der Waals surface area contributed by atoms with Gasteiger partial charge in [0.25, 0.3) is 5.56 Å². The summed E-state index contributed by atoms with van der Waals surface area (Å²) in [5, 5.41) is 9.66. The number of allylic oxidation sites excluding steroid dienone is 1. The third-order valence-electron chi connectivity index (χ3n) is 6.33. The smallest absolute Gasteiger partial charge is 0.338 e. The summed E-state index contributed by atoms with van der Waals surface area (Å²) in [7, 11) is 0. The van der Waals surface area contributed by atoms with Crippen LogP contribution in [0.3, 0.4) is 0 Å². The summed E-state index contributed by atoms with van der Waals surface area (Å²) >= 11 is 9.08. The van der Waals surface area contributed by atoms with Crippen molar-refractivity contribution in [1.29, 1.82) is 0 Å². The van der Waals surface area contributed by atoms with Gasteiger partial charge in [-0.3, -0.25) is 9.36 Å². The van der Waals surface area contributed by atoms with Crippen LogP contribution in [0, 0.1) is 0 Å². The number of carbonyl (C=O) groups is 2. The van der Waals surface area contributed by atoms with Gasteiger partial charge in [0.15, 0.2) is 4.80 Å². The van der Waals surface area contributed by atoms with E-state index in [4.69, 9.17) is 20.8 Å². The van der Waals surface area contributed by atoms with E-state index in [1.807, 2.05) is 30.5 Å². The fraction of sp³-hybridized carbons (Fsp3) is 0.172. The van der Waals surface area contributed by atoms with Crippen LogP contribution < -0.4 is 14.9 Å². The molecule has 11 heteroatoms. The van der Waals surface area contributed by atoms with Gasteiger partial charge < -0.3 is 14.3 Å². The fourth-order valence-corrected chi connectivity index (χ4v) is 6.09. The lowest BCUT2D eigenvalue weighted by molar-refractivity contribution is -0.139. The van der Waals surface area contributed by atoms with Crippen LogP contribution in [-0.4, -0.2) is 34.5 Å². The van der Waals surface area contributed by atoms with Crippen LogP contribution in [0.25, 0.3) is 17.4 Å². The summed E-state index contributed by atoms with van der Waals surface area (Å²) in [5.74, 6) is -0.868. The Bertz CT molecular complexity index is 1850. The van der Waals surface area contributed by atoms with Crippen molar-refractivity contribution in [2.24, 2.45) is 4.99 Å². The number of rotatable bonds is 7. The summed E-state index contributed by atoms with van der Waals surface area (Å²) in [5.41, 5.74) is 1.72. The van der Waals surface area contributed by atoms with Crippen LogP contribution in [-0.2, 0) is 9.53 Å². The minimum absolute atomic E-state index is 0.0731. The highest BCUT2D eigenvalue weighted by Gasteiger charge is 2.33. The SMILES string of the molecule is CCOC(=O)C1=C(C)N=c2s/c(=C\c3ccc(-c4cc(C(=O)O)ccc4Cl)o3)c(=O)n2[C@@H]1c1ccc(SC)cc1. The van der Waals surface area contributed by atoms with Gasteiger partial charge in [0, 0.05) is 16.5 Å². The van der Waals surface area contributed by atoms with Crippen molar-refractivity contribution in [2.75, 3.05) is 12.9 Å². The number of nitrogens with zero attached hydrogens (tertiary/aromatic N) is 2. The standard InChI is InChI=1S/C29H23ClN2O6S2/c1-4-37-28(36)24-15(2)31-29-32(25(24)16-5-9-19(39-3)10-6-16)26(33)23(40-29)14-18-8-12-22(38-18)20-13-17(27(34)35)7-11-21(20)30/h5-14,25H,4H2,1-3H3,(H,34,35)/b23-14-/t25-/m1/s1. The summed E-state index contributed by atoms with van der Waals surface area (Å²) in [6.45, 7) is 3.66. The largest absolute Gasteiger partial charge is 0.478 e. The topological polar surface area (TPSA) is 111 Å². The van der Waals surface area contributed by atoms with Crippen LogP contribution in [0.2, 0.25) is 5.02 Å². The van der Waals surface area contributed by atoms with Crippen LogP contribution in [0.1, 0.15) is 41.6 Å². The number of hydrogen-bond donors (Lipinski definition) is 1. The summed E-state index contributed by atoms with van der Waals surface area (Å²) in [6.07, 6.45) is 3.57. The number of carboxylic acid groups (broad SMARTS) is 1. The molecule has 0 fully saturated rings. The van der Waals surface area contributed by atoms with Gasteiger partial charge >= 0.3 is 11.9 Å². The number of halogens is 1. The molecular weight excluding hydrogens is 572 g/mol. The number of aromatic nitrogens is 1. The van der Waals surface area contributed by atoms with Crippen LogP contribution >= 0.6 is 34.7 Å². The first-order valence-corrected chi connectivity index (χ1v) is 14.6. The number of esters is 1. The van der Waals surface area contributed by atoms with Gasteiger partial charge in [-0.1, -0.05) is 35.1 Å². The Morgan fingerprint density at radius 2 is 1.95 bits per heavy atom. The Kier molecular flexibility index (Phi) is 7.84. The highest BCUT2D eigenvalue weighted by Crippen LogP contribution is 2.32. The van der Waals surface area contributed by atoms with Gasteiger partial charge in [0.05, 0.1) is 39.0 Å². The third-order valence-corrected chi connectivity index (χ3v) is 8.38. The lowest BCUT2D eigenvalue weighted by Crippen LogP contribution is -2.39. The Morgan fingerprint density at radius 1 is 1.20 bits per heavy atom. The Morgan fingerprint density at radius 3 is 2.62 bits per heavy atom. The lowest BCUT2D eigenvalue weighted by atomic mass is 9.96. The van der Waals surface area contributed by atoms with E-state index in [-0.39, 0.29) is 17.7 Å². The number of carboxylic acids is 1. The molecule has 1 aliphatic rings. The molecule has 0 saturated heterocycles. The average molecular weight is 595 g/mol. The Hall–Kier alpha value is -3.86. The maximum Gasteiger partial charge on any atom is 0.338 e. The predicted octanol–water partition coefficient (Wildman–Crippen LogP) is 5.13. The maximum absolute atomic E-state index is 13.8. The molecule has 5 rings (SSSR count). The molecule has 0 saturated carbocycles. The second-order valence-electron chi connectivity index (χ2n) is 8.78. The molecule has 2 aromatic carbocycles. The summed E-state index contributed by atoms with van der Waals surface area (Å²) in [4.78, 5) is 44.3. The van der Waals surface area contributed by atoms with Crippen molar-refractivity contribution in [3.05, 3.63) is 107 Å². The number of benzene rings is 2. The summed E-state index contributed by atoms with van der Waals surface area (Å²) < 4.78 is 13.1. The highest BCUT2D eigenvalue weighted by atomic mass is 35.5. The molecule has 40 heavy (non-hydrogen) atoms. The van der Waals surface area contributed by atoms with Crippen LogP contribution in [0.5, 0.6) is 0 Å². The van der Waals surface area contributed by atoms with E-state index in [9.17, 15) is 19.5 Å². The van der Waals surface area contributed by atoms with Crippen molar-refractivity contribution in [2.45, 2.75) is 24.8 Å². The number of carbonyl (C=O) groups excluding carboxylic acids is 1. The van der Waals surface area contributed by atoms with E-state index in [1.165, 1.54) is 34.1 Å². The maximum atomic E-state index is 13.8. The zero-order valence-corrected chi connectivity index (χ0v) is 24.0. The third kappa shape index (κ3) is 5.17. The van der Waals surface area contributed by atoms with E-state index < -0.39 is 18.0 Å². The number of thiazole rings is 1. The number of fused-ring (bicyclic) bond motifs is 1. The first-order chi connectivity index (χ1) is 19.2. The van der Waals surface area contributed by atoms with Gasteiger partial charge in [-0.2, -0.15) is 0 Å². The minimum Gasteiger partial charge on any atom is -0.478 e. The van der Waals surface area contributed by atoms with Crippen molar-refractivity contribution >= 4 is 52.7 Å². The van der Waals surface area contributed by atoms with Gasteiger partial charge in [-0.25, -0.2) is 14.6 Å². The zero-order valence-electron chi connectivity index (χ0n) is 21.6. The van der Waals surface area contributed by atoms with E-state index >= 15 is 0 Å². The minimum atomic E-state index is -1.08. The van der Waals surface area contributed by atoms with Gasteiger partial charge in [-0.15, -0.1) is 11.8 Å². The Balaban J connectivity index is 1.62. The highest BCUT2D eigenvalue weighted by molar-refractivity contribution is 7.98. The van der Waals surface area contributed by atoms with Crippen LogP contribution in [0.15, 0.2) is 85.0 Å². The monoisotopic (exact) mass is 594 g/mol. The quantitative estimate of drug-likeness (QED) is 0.233. The molecule has 0 aliphatic carbocycles. The summed E-state index contributed by atoms with van der Waals surface area (Å²) in [6, 6.07) is 14.7. The van der Waals surface area contributed by atoms with Gasteiger partial charge in [0.2, 0.25) is 0 Å². The second-order valence-corrected chi connectivity index (χ2v) is 11.1. The molecule has 3 heterocycles. The average Bonchev–Trinajstić information content (AvgIpc) is 3.52. The molecule has 4 aromatic rings. The van der Waals surface area contributed by atoms with Crippen molar-refractivity contribution in [3.8, 4) is 11.3 Å². The van der Waals surface area contributed by atoms with E-state index in [2.05, 4.69) is 4.99 Å². The molecule has 1 aliphatic heterocycles. The first-order valence-electron chi connectivity index (χ1n) is 12.2. The van der Waals surface area contributed by atoms with Gasteiger partial charge in [0.1, 0.15) is 11.5 Å². The Labute approximate surface area is 241 Å².